The fourth-order valence-corrected chi connectivity index (χ4v) is 2.80. The largest absolute Gasteiger partial charge is 0.464 e. The first-order valence-corrected chi connectivity index (χ1v) is 8.00. The van der Waals surface area contributed by atoms with E-state index in [1.807, 2.05) is 6.92 Å². The predicted molar refractivity (Wildman–Crippen MR) is 74.4 cm³/mol. The molecular weight excluding hydrogens is 287 g/mol. The summed E-state index contributed by atoms with van der Waals surface area (Å²) >= 11 is 0. The molecule has 1 aromatic rings. The van der Waals surface area contributed by atoms with Crippen molar-refractivity contribution in [1.29, 1.82) is 0 Å². The molecule has 0 aliphatic heterocycles. The number of esters is 1. The van der Waals surface area contributed by atoms with Crippen molar-refractivity contribution in [3.63, 3.8) is 0 Å². The van der Waals surface area contributed by atoms with Gasteiger partial charge in [0.05, 0.1) is 11.5 Å². The Bertz CT molecular complexity index is 524. The van der Waals surface area contributed by atoms with Crippen molar-refractivity contribution in [2.45, 2.75) is 24.8 Å². The van der Waals surface area contributed by atoms with Gasteiger partial charge in [0.25, 0.3) is 10.1 Å². The lowest BCUT2D eigenvalue weighted by Gasteiger charge is -2.14. The monoisotopic (exact) mass is 304 g/mol. The van der Waals surface area contributed by atoms with Crippen LogP contribution in [0.1, 0.15) is 12.5 Å². The molecule has 1 aromatic carbocycles. The lowest BCUT2D eigenvalue weighted by molar-refractivity contribution is -0.150. The van der Waals surface area contributed by atoms with Crippen LogP contribution >= 0.6 is 9.24 Å². The van der Waals surface area contributed by atoms with E-state index in [2.05, 4.69) is 9.24 Å². The van der Waals surface area contributed by atoms with Crippen molar-refractivity contribution in [3.05, 3.63) is 29.8 Å². The molecule has 0 aromatic heterocycles. The van der Waals surface area contributed by atoms with E-state index in [1.165, 1.54) is 12.1 Å². The highest BCUT2D eigenvalue weighted by Gasteiger charge is 2.27. The molecule has 2 atom stereocenters. The van der Waals surface area contributed by atoms with Gasteiger partial charge in [-0.05, 0) is 26.0 Å². The van der Waals surface area contributed by atoms with Gasteiger partial charge >= 0.3 is 5.97 Å². The molecule has 0 fully saturated rings. The fourth-order valence-electron chi connectivity index (χ4n) is 1.32. The first-order valence-electron chi connectivity index (χ1n) is 5.77. The van der Waals surface area contributed by atoms with E-state index in [1.54, 1.807) is 19.1 Å². The lowest BCUT2D eigenvalue weighted by atomic mass is 10.2. The molecule has 0 spiro atoms. The summed E-state index contributed by atoms with van der Waals surface area (Å²) in [4.78, 5) is 11.5. The zero-order valence-electron chi connectivity index (χ0n) is 10.8. The fraction of sp³-hybridized carbons (Fsp3) is 0.417. The van der Waals surface area contributed by atoms with Gasteiger partial charge in [-0.3, -0.25) is 4.18 Å². The van der Waals surface area contributed by atoms with Crippen LogP contribution in [0.5, 0.6) is 0 Å². The molecule has 0 aliphatic rings. The Morgan fingerprint density at radius 3 is 2.37 bits per heavy atom. The summed E-state index contributed by atoms with van der Waals surface area (Å²) in [5.74, 6) is -0.687. The molecule has 5 nitrogen and oxygen atoms in total. The standard InChI is InChI=1S/C12H17O5PS/c1-3-16-12(13)11(8-18)17-19(14,15)10-6-4-9(2)5-7-10/h4-7,11H,3,8,18H2,1-2H3. The molecule has 0 amide bonds. The van der Waals surface area contributed by atoms with Crippen LogP contribution in [0.15, 0.2) is 29.2 Å². The average Bonchev–Trinajstić information content (AvgIpc) is 2.36. The molecule has 7 heteroatoms. The Morgan fingerprint density at radius 1 is 1.32 bits per heavy atom. The normalized spacial score (nSPS) is 13.0. The number of carbonyl (C=O) groups is 1. The van der Waals surface area contributed by atoms with E-state index in [0.29, 0.717) is 0 Å². The van der Waals surface area contributed by atoms with Crippen molar-refractivity contribution in [2.75, 3.05) is 12.8 Å². The Morgan fingerprint density at radius 2 is 1.89 bits per heavy atom. The van der Waals surface area contributed by atoms with E-state index >= 15 is 0 Å². The van der Waals surface area contributed by atoms with Crippen LogP contribution < -0.4 is 0 Å². The third kappa shape index (κ3) is 4.56. The van der Waals surface area contributed by atoms with Gasteiger partial charge in [-0.15, -0.1) is 9.24 Å². The summed E-state index contributed by atoms with van der Waals surface area (Å²) in [7, 11) is -1.70. The van der Waals surface area contributed by atoms with Crippen LogP contribution in [-0.4, -0.2) is 33.3 Å². The van der Waals surface area contributed by atoms with E-state index in [-0.39, 0.29) is 17.7 Å². The Kier molecular flexibility index (Phi) is 5.91. The number of hydrogen-bond donors (Lipinski definition) is 0. The molecule has 0 saturated heterocycles. The van der Waals surface area contributed by atoms with Crippen LogP contribution in [0.25, 0.3) is 0 Å². The maximum absolute atomic E-state index is 12.0. The molecule has 0 radical (unpaired) electrons. The highest BCUT2D eigenvalue weighted by molar-refractivity contribution is 7.86. The van der Waals surface area contributed by atoms with Crippen molar-refractivity contribution in [3.8, 4) is 0 Å². The second kappa shape index (κ2) is 6.98. The van der Waals surface area contributed by atoms with E-state index in [4.69, 9.17) is 8.92 Å². The number of ether oxygens (including phenoxy) is 1. The van der Waals surface area contributed by atoms with Crippen LogP contribution in [0, 0.1) is 6.92 Å². The minimum atomic E-state index is -3.97. The first kappa shape index (κ1) is 16.1. The predicted octanol–water partition coefficient (Wildman–Crippen LogP) is 1.51. The number of benzene rings is 1. The minimum Gasteiger partial charge on any atom is -0.464 e. The van der Waals surface area contributed by atoms with E-state index in [9.17, 15) is 13.2 Å². The van der Waals surface area contributed by atoms with Gasteiger partial charge in [0.15, 0.2) is 6.10 Å². The Hall–Kier alpha value is -0.970. The topological polar surface area (TPSA) is 69.7 Å². The molecule has 0 N–H and O–H groups in total. The average molecular weight is 304 g/mol. The van der Waals surface area contributed by atoms with Gasteiger partial charge in [-0.25, -0.2) is 4.79 Å². The van der Waals surface area contributed by atoms with Crippen LogP contribution in [0.3, 0.4) is 0 Å². The second-order valence-electron chi connectivity index (χ2n) is 3.84. The maximum atomic E-state index is 12.0. The van der Waals surface area contributed by atoms with Gasteiger partial charge in [0.2, 0.25) is 0 Å². The number of hydrogen-bond acceptors (Lipinski definition) is 5. The molecule has 19 heavy (non-hydrogen) atoms. The summed E-state index contributed by atoms with van der Waals surface area (Å²) in [6.07, 6.45) is -1.000. The molecule has 1 rings (SSSR count). The third-order valence-corrected chi connectivity index (χ3v) is 4.08. The van der Waals surface area contributed by atoms with Crippen molar-refractivity contribution >= 4 is 25.3 Å². The lowest BCUT2D eigenvalue weighted by Crippen LogP contribution is -2.30. The van der Waals surface area contributed by atoms with Crippen LogP contribution in [0.2, 0.25) is 0 Å². The minimum absolute atomic E-state index is 0.0193. The summed E-state index contributed by atoms with van der Waals surface area (Å²) in [6.45, 7) is 3.67. The van der Waals surface area contributed by atoms with Gasteiger partial charge in [0, 0.05) is 6.16 Å². The smallest absolute Gasteiger partial charge is 0.337 e. The molecule has 0 heterocycles. The number of aryl methyl sites for hydroxylation is 1. The van der Waals surface area contributed by atoms with Crippen LogP contribution in [-0.2, 0) is 23.8 Å². The van der Waals surface area contributed by atoms with Gasteiger partial charge in [-0.2, -0.15) is 8.42 Å². The maximum Gasteiger partial charge on any atom is 0.337 e. The third-order valence-electron chi connectivity index (χ3n) is 2.32. The zero-order valence-corrected chi connectivity index (χ0v) is 12.8. The highest BCUT2D eigenvalue weighted by Crippen LogP contribution is 2.16. The summed E-state index contributed by atoms with van der Waals surface area (Å²) in [5.41, 5.74) is 0.937. The molecular formula is C12H17O5PS. The zero-order chi connectivity index (χ0) is 14.5. The quantitative estimate of drug-likeness (QED) is 0.452. The Balaban J connectivity index is 2.89. The van der Waals surface area contributed by atoms with E-state index in [0.717, 1.165) is 5.56 Å². The molecule has 0 bridgehead atoms. The molecule has 0 saturated carbocycles. The van der Waals surface area contributed by atoms with Crippen molar-refractivity contribution in [2.24, 2.45) is 0 Å². The Labute approximate surface area is 115 Å². The summed E-state index contributed by atoms with van der Waals surface area (Å²) in [5, 5.41) is 0. The molecule has 0 aliphatic carbocycles. The summed E-state index contributed by atoms with van der Waals surface area (Å²) < 4.78 is 33.6. The van der Waals surface area contributed by atoms with Gasteiger partial charge in [0.1, 0.15) is 0 Å². The number of carbonyl (C=O) groups excluding carboxylic acids is 1. The molecule has 106 valence electrons. The van der Waals surface area contributed by atoms with Crippen LogP contribution in [0.4, 0.5) is 0 Å². The molecule has 2 unspecified atom stereocenters. The highest BCUT2D eigenvalue weighted by atomic mass is 32.2. The van der Waals surface area contributed by atoms with Gasteiger partial charge < -0.3 is 4.74 Å². The van der Waals surface area contributed by atoms with E-state index < -0.39 is 22.2 Å². The summed E-state index contributed by atoms with van der Waals surface area (Å²) in [6, 6.07) is 6.21. The first-order chi connectivity index (χ1) is 8.90. The SMILES string of the molecule is CCOC(=O)C(CP)OS(=O)(=O)c1ccc(C)cc1. The second-order valence-corrected chi connectivity index (χ2v) is 5.88. The van der Waals surface area contributed by atoms with Gasteiger partial charge in [-0.1, -0.05) is 17.7 Å². The van der Waals surface area contributed by atoms with Crippen molar-refractivity contribution < 1.29 is 22.1 Å². The number of rotatable bonds is 6. The van der Waals surface area contributed by atoms with Crippen molar-refractivity contribution in [1.82, 2.24) is 0 Å².